The average molecular weight is 342 g/mol. The van der Waals surface area contributed by atoms with Gasteiger partial charge < -0.3 is 11.1 Å². The number of aryl methyl sites for hydroxylation is 1. The lowest BCUT2D eigenvalue weighted by Crippen LogP contribution is -2.49. The number of nitrogens with two attached hydrogens (primary N) is 1. The number of rotatable bonds is 3. The molecule has 1 unspecified atom stereocenters. The molecule has 1 aromatic carbocycles. The summed E-state index contributed by atoms with van der Waals surface area (Å²) in [5, 5.41) is 2.89. The van der Waals surface area contributed by atoms with E-state index < -0.39 is 17.3 Å². The summed E-state index contributed by atoms with van der Waals surface area (Å²) in [5.74, 6) is -0.452. The lowest BCUT2D eigenvalue weighted by Gasteiger charge is -2.33. The molecule has 134 valence electrons. The van der Waals surface area contributed by atoms with Crippen LogP contribution in [0.25, 0.3) is 0 Å². The van der Waals surface area contributed by atoms with Gasteiger partial charge in [-0.2, -0.15) is 13.2 Å². The molecule has 6 heteroatoms. The molecular formula is C18H25F3N2O. The molecule has 1 amide bonds. The van der Waals surface area contributed by atoms with Gasteiger partial charge in [0.05, 0.1) is 17.0 Å². The van der Waals surface area contributed by atoms with Gasteiger partial charge in [-0.1, -0.05) is 24.5 Å². The number of nitrogens with one attached hydrogen (secondary N) is 1. The van der Waals surface area contributed by atoms with E-state index in [1.54, 1.807) is 26.8 Å². The van der Waals surface area contributed by atoms with Crippen LogP contribution in [0.5, 0.6) is 0 Å². The minimum atomic E-state index is -4.41. The van der Waals surface area contributed by atoms with Gasteiger partial charge in [-0.15, -0.1) is 0 Å². The van der Waals surface area contributed by atoms with Gasteiger partial charge in [0.2, 0.25) is 5.91 Å². The van der Waals surface area contributed by atoms with E-state index in [9.17, 15) is 18.0 Å². The highest BCUT2D eigenvalue weighted by Gasteiger charge is 2.35. The fourth-order valence-electron chi connectivity index (χ4n) is 3.27. The predicted molar refractivity (Wildman–Crippen MR) is 87.3 cm³/mol. The van der Waals surface area contributed by atoms with Crippen molar-refractivity contribution in [2.24, 2.45) is 11.7 Å². The van der Waals surface area contributed by atoms with E-state index in [2.05, 4.69) is 5.32 Å². The van der Waals surface area contributed by atoms with Gasteiger partial charge in [-0.25, -0.2) is 0 Å². The first-order valence-corrected chi connectivity index (χ1v) is 8.27. The van der Waals surface area contributed by atoms with Gasteiger partial charge in [0.1, 0.15) is 0 Å². The fourth-order valence-corrected chi connectivity index (χ4v) is 3.27. The lowest BCUT2D eigenvalue weighted by atomic mass is 9.83. The Hall–Kier alpha value is -1.56. The molecule has 1 aliphatic rings. The standard InChI is InChI=1S/C18H25F3N2O/c1-11-8-12(10-13(9-11)18(19,20)21)17(2,3)23-16(24)14-6-4-5-7-15(14)22/h8-10,14-15H,4-7,22H2,1-3H3,(H,23,24)/t14?,15-/m1/s1. The average Bonchev–Trinajstić information content (AvgIpc) is 2.45. The third-order valence-electron chi connectivity index (χ3n) is 4.72. The molecule has 2 atom stereocenters. The number of alkyl halides is 3. The Kier molecular flexibility index (Phi) is 5.28. The van der Waals surface area contributed by atoms with Gasteiger partial charge in [-0.05, 0) is 51.3 Å². The van der Waals surface area contributed by atoms with Crippen LogP contribution in [0.4, 0.5) is 13.2 Å². The van der Waals surface area contributed by atoms with Gasteiger partial charge in [0, 0.05) is 6.04 Å². The Balaban J connectivity index is 2.23. The van der Waals surface area contributed by atoms with Crippen molar-refractivity contribution >= 4 is 5.91 Å². The van der Waals surface area contributed by atoms with Crippen molar-refractivity contribution in [3.8, 4) is 0 Å². The normalized spacial score (nSPS) is 22.3. The number of hydrogen-bond donors (Lipinski definition) is 2. The zero-order valence-electron chi connectivity index (χ0n) is 14.3. The van der Waals surface area contributed by atoms with Gasteiger partial charge in [0.15, 0.2) is 0 Å². The Morgan fingerprint density at radius 1 is 1.12 bits per heavy atom. The van der Waals surface area contributed by atoms with E-state index in [1.165, 1.54) is 0 Å². The van der Waals surface area contributed by atoms with E-state index in [4.69, 9.17) is 5.73 Å². The summed E-state index contributed by atoms with van der Waals surface area (Å²) in [7, 11) is 0. The van der Waals surface area contributed by atoms with Crippen LogP contribution in [0, 0.1) is 12.8 Å². The minimum absolute atomic E-state index is 0.178. The second kappa shape index (κ2) is 6.75. The monoisotopic (exact) mass is 342 g/mol. The van der Waals surface area contributed by atoms with E-state index in [1.807, 2.05) is 0 Å². The summed E-state index contributed by atoms with van der Waals surface area (Å²) in [5.41, 5.74) is 5.38. The van der Waals surface area contributed by atoms with Crippen molar-refractivity contribution < 1.29 is 18.0 Å². The third-order valence-corrected chi connectivity index (χ3v) is 4.72. The molecule has 0 aliphatic heterocycles. The molecule has 0 radical (unpaired) electrons. The quantitative estimate of drug-likeness (QED) is 0.876. The molecule has 0 heterocycles. The summed E-state index contributed by atoms with van der Waals surface area (Å²) in [6, 6.07) is 3.71. The highest BCUT2D eigenvalue weighted by atomic mass is 19.4. The van der Waals surface area contributed by atoms with Crippen LogP contribution in [0.1, 0.15) is 56.2 Å². The van der Waals surface area contributed by atoms with Crippen LogP contribution in [0.2, 0.25) is 0 Å². The zero-order chi connectivity index (χ0) is 18.1. The van der Waals surface area contributed by atoms with Crippen molar-refractivity contribution in [3.63, 3.8) is 0 Å². The number of halogens is 3. The van der Waals surface area contributed by atoms with Crippen molar-refractivity contribution in [3.05, 3.63) is 34.9 Å². The summed E-state index contributed by atoms with van der Waals surface area (Å²) in [4.78, 5) is 12.6. The molecule has 0 bridgehead atoms. The first-order valence-electron chi connectivity index (χ1n) is 8.27. The smallest absolute Gasteiger partial charge is 0.347 e. The number of benzene rings is 1. The van der Waals surface area contributed by atoms with Crippen LogP contribution in [0.15, 0.2) is 18.2 Å². The van der Waals surface area contributed by atoms with Crippen LogP contribution >= 0.6 is 0 Å². The van der Waals surface area contributed by atoms with Crippen LogP contribution in [0.3, 0.4) is 0 Å². The maximum Gasteiger partial charge on any atom is 0.416 e. The molecule has 1 saturated carbocycles. The predicted octanol–water partition coefficient (Wildman–Crippen LogP) is 3.88. The summed E-state index contributed by atoms with van der Waals surface area (Å²) < 4.78 is 39.1. The summed E-state index contributed by atoms with van der Waals surface area (Å²) >= 11 is 0. The number of amides is 1. The molecule has 2 rings (SSSR count). The molecule has 0 aromatic heterocycles. The second-order valence-electron chi connectivity index (χ2n) is 7.25. The van der Waals surface area contributed by atoms with Crippen LogP contribution < -0.4 is 11.1 Å². The Labute approximate surface area is 140 Å². The molecule has 3 N–H and O–H groups in total. The molecule has 1 fully saturated rings. The lowest BCUT2D eigenvalue weighted by molar-refractivity contribution is -0.137. The maximum absolute atomic E-state index is 13.0. The zero-order valence-corrected chi connectivity index (χ0v) is 14.3. The summed E-state index contributed by atoms with van der Waals surface area (Å²) in [6.45, 7) is 5.05. The maximum atomic E-state index is 13.0. The Morgan fingerprint density at radius 3 is 2.29 bits per heavy atom. The van der Waals surface area contributed by atoms with Crippen molar-refractivity contribution in [2.75, 3.05) is 0 Å². The first kappa shape index (κ1) is 18.8. The minimum Gasteiger partial charge on any atom is -0.347 e. The van der Waals surface area contributed by atoms with E-state index in [0.29, 0.717) is 11.1 Å². The SMILES string of the molecule is Cc1cc(C(F)(F)F)cc(C(C)(C)NC(=O)C2CCCC[C@H]2N)c1. The molecule has 1 aromatic rings. The largest absolute Gasteiger partial charge is 0.416 e. The molecule has 1 aliphatic carbocycles. The van der Waals surface area contributed by atoms with Gasteiger partial charge in [-0.3, -0.25) is 4.79 Å². The molecule has 24 heavy (non-hydrogen) atoms. The first-order chi connectivity index (χ1) is 11.0. The van der Waals surface area contributed by atoms with Crippen molar-refractivity contribution in [2.45, 2.75) is 64.2 Å². The highest BCUT2D eigenvalue weighted by molar-refractivity contribution is 5.80. The number of carbonyl (C=O) groups excluding carboxylic acids is 1. The topological polar surface area (TPSA) is 55.1 Å². The van der Waals surface area contributed by atoms with E-state index in [0.717, 1.165) is 37.8 Å². The number of hydrogen-bond acceptors (Lipinski definition) is 2. The molecule has 0 spiro atoms. The Bertz CT molecular complexity index is 611. The number of carbonyl (C=O) groups is 1. The Morgan fingerprint density at radius 2 is 1.71 bits per heavy atom. The van der Waals surface area contributed by atoms with E-state index >= 15 is 0 Å². The van der Waals surface area contributed by atoms with E-state index in [-0.39, 0.29) is 17.9 Å². The molecule has 0 saturated heterocycles. The highest BCUT2D eigenvalue weighted by Crippen LogP contribution is 2.33. The van der Waals surface area contributed by atoms with Crippen LogP contribution in [-0.2, 0) is 16.5 Å². The molecule has 3 nitrogen and oxygen atoms in total. The van der Waals surface area contributed by atoms with Crippen molar-refractivity contribution in [1.29, 1.82) is 0 Å². The van der Waals surface area contributed by atoms with Crippen molar-refractivity contribution in [1.82, 2.24) is 5.32 Å². The molecular weight excluding hydrogens is 317 g/mol. The second-order valence-corrected chi connectivity index (χ2v) is 7.25. The van der Waals surface area contributed by atoms with Gasteiger partial charge in [0.25, 0.3) is 0 Å². The summed E-state index contributed by atoms with van der Waals surface area (Å²) in [6.07, 6.45) is -0.908. The third kappa shape index (κ3) is 4.29. The van der Waals surface area contributed by atoms with Gasteiger partial charge >= 0.3 is 6.18 Å². The van der Waals surface area contributed by atoms with Crippen LogP contribution in [-0.4, -0.2) is 11.9 Å². The fraction of sp³-hybridized carbons (Fsp3) is 0.611.